The van der Waals surface area contributed by atoms with E-state index in [1.807, 2.05) is 18.7 Å². The zero-order valence-corrected chi connectivity index (χ0v) is 13.1. The average Bonchev–Trinajstić information content (AvgIpc) is 2.37. The van der Waals surface area contributed by atoms with E-state index in [9.17, 15) is 4.79 Å². The van der Waals surface area contributed by atoms with Gasteiger partial charge in [0.1, 0.15) is 0 Å². The van der Waals surface area contributed by atoms with E-state index in [-0.39, 0.29) is 11.4 Å². The molecule has 0 aromatic carbocycles. The Bertz CT molecular complexity index is 263. The van der Waals surface area contributed by atoms with E-state index in [0.717, 1.165) is 26.1 Å². The SMILES string of the molecule is CCCCCCCCCCN1CCNC(C)(C)C1=O. The third-order valence-electron chi connectivity index (χ3n) is 4.05. The molecule has 0 aromatic heterocycles. The molecule has 1 amide bonds. The number of unbranched alkanes of at least 4 members (excludes halogenated alkanes) is 7. The standard InChI is InChI=1S/C16H32N2O/c1-4-5-6-7-8-9-10-11-13-18-14-12-17-16(2,3)15(18)19/h17H,4-14H2,1-3H3. The second-order valence-electron chi connectivity index (χ2n) is 6.32. The van der Waals surface area contributed by atoms with Gasteiger partial charge in [0.05, 0.1) is 5.54 Å². The highest BCUT2D eigenvalue weighted by Crippen LogP contribution is 2.14. The third kappa shape index (κ3) is 5.94. The molecule has 1 rings (SSSR count). The topological polar surface area (TPSA) is 32.3 Å². The monoisotopic (exact) mass is 268 g/mol. The summed E-state index contributed by atoms with van der Waals surface area (Å²) in [5.41, 5.74) is -0.363. The molecule has 3 nitrogen and oxygen atoms in total. The molecule has 0 radical (unpaired) electrons. The zero-order chi connectivity index (χ0) is 14.1. The lowest BCUT2D eigenvalue weighted by molar-refractivity contribution is -0.139. The Morgan fingerprint density at radius 2 is 1.63 bits per heavy atom. The fourth-order valence-electron chi connectivity index (χ4n) is 2.73. The number of hydrogen-bond donors (Lipinski definition) is 1. The molecule has 1 N–H and O–H groups in total. The van der Waals surface area contributed by atoms with Crippen LogP contribution in [0.5, 0.6) is 0 Å². The van der Waals surface area contributed by atoms with Crippen molar-refractivity contribution in [3.8, 4) is 0 Å². The van der Waals surface area contributed by atoms with Gasteiger partial charge in [-0.15, -0.1) is 0 Å². The molecular formula is C16H32N2O. The summed E-state index contributed by atoms with van der Waals surface area (Å²) in [7, 11) is 0. The first-order valence-corrected chi connectivity index (χ1v) is 8.12. The minimum atomic E-state index is -0.363. The molecule has 112 valence electrons. The molecule has 1 fully saturated rings. The number of nitrogens with one attached hydrogen (secondary N) is 1. The molecule has 0 unspecified atom stereocenters. The number of amides is 1. The smallest absolute Gasteiger partial charge is 0.242 e. The Kier molecular flexibility index (Phi) is 7.44. The fraction of sp³-hybridized carbons (Fsp3) is 0.938. The van der Waals surface area contributed by atoms with Crippen LogP contribution in [0, 0.1) is 0 Å². The predicted octanol–water partition coefficient (Wildman–Crippen LogP) is 3.34. The van der Waals surface area contributed by atoms with Crippen molar-refractivity contribution in [3.05, 3.63) is 0 Å². The van der Waals surface area contributed by atoms with Crippen LogP contribution in [0.4, 0.5) is 0 Å². The normalized spacial score (nSPS) is 18.9. The summed E-state index contributed by atoms with van der Waals surface area (Å²) in [6, 6.07) is 0. The maximum absolute atomic E-state index is 12.1. The van der Waals surface area contributed by atoms with Gasteiger partial charge in [-0.05, 0) is 20.3 Å². The van der Waals surface area contributed by atoms with Gasteiger partial charge in [0, 0.05) is 19.6 Å². The van der Waals surface area contributed by atoms with Crippen LogP contribution in [0.1, 0.15) is 72.1 Å². The van der Waals surface area contributed by atoms with Crippen molar-refractivity contribution >= 4 is 5.91 Å². The van der Waals surface area contributed by atoms with Gasteiger partial charge in [-0.3, -0.25) is 4.79 Å². The van der Waals surface area contributed by atoms with Gasteiger partial charge in [-0.1, -0.05) is 51.9 Å². The first kappa shape index (κ1) is 16.5. The van der Waals surface area contributed by atoms with Gasteiger partial charge in [0.15, 0.2) is 0 Å². The number of rotatable bonds is 9. The third-order valence-corrected chi connectivity index (χ3v) is 4.05. The van der Waals surface area contributed by atoms with Crippen LogP contribution < -0.4 is 5.32 Å². The van der Waals surface area contributed by atoms with E-state index >= 15 is 0 Å². The van der Waals surface area contributed by atoms with Crippen molar-refractivity contribution in [3.63, 3.8) is 0 Å². The predicted molar refractivity (Wildman–Crippen MR) is 81.3 cm³/mol. The van der Waals surface area contributed by atoms with Crippen molar-refractivity contribution in [2.75, 3.05) is 19.6 Å². The Hall–Kier alpha value is -0.570. The summed E-state index contributed by atoms with van der Waals surface area (Å²) in [5.74, 6) is 0.265. The van der Waals surface area contributed by atoms with E-state index in [4.69, 9.17) is 0 Å². The van der Waals surface area contributed by atoms with Gasteiger partial charge in [-0.2, -0.15) is 0 Å². The minimum absolute atomic E-state index is 0.265. The molecule has 0 spiro atoms. The van der Waals surface area contributed by atoms with Gasteiger partial charge >= 0.3 is 0 Å². The quantitative estimate of drug-likeness (QED) is 0.651. The van der Waals surface area contributed by atoms with Crippen LogP contribution in [-0.2, 0) is 4.79 Å². The largest absolute Gasteiger partial charge is 0.340 e. The lowest BCUT2D eigenvalue weighted by atomic mass is 10.0. The van der Waals surface area contributed by atoms with Gasteiger partial charge in [0.25, 0.3) is 0 Å². The van der Waals surface area contributed by atoms with Crippen molar-refractivity contribution < 1.29 is 4.79 Å². The lowest BCUT2D eigenvalue weighted by Crippen LogP contribution is -2.61. The summed E-state index contributed by atoms with van der Waals surface area (Å²) in [4.78, 5) is 14.2. The highest BCUT2D eigenvalue weighted by molar-refractivity contribution is 5.86. The average molecular weight is 268 g/mol. The fourth-order valence-corrected chi connectivity index (χ4v) is 2.73. The summed E-state index contributed by atoms with van der Waals surface area (Å²) in [6.07, 6.45) is 10.6. The zero-order valence-electron chi connectivity index (χ0n) is 13.1. The number of nitrogens with zero attached hydrogens (tertiary/aromatic N) is 1. The van der Waals surface area contributed by atoms with E-state index in [0.29, 0.717) is 0 Å². The van der Waals surface area contributed by atoms with Crippen LogP contribution in [0.3, 0.4) is 0 Å². The van der Waals surface area contributed by atoms with Crippen molar-refractivity contribution in [1.29, 1.82) is 0 Å². The molecular weight excluding hydrogens is 236 g/mol. The summed E-state index contributed by atoms with van der Waals surface area (Å²) >= 11 is 0. The highest BCUT2D eigenvalue weighted by Gasteiger charge is 2.34. The number of carbonyl (C=O) groups is 1. The Morgan fingerprint density at radius 1 is 1.05 bits per heavy atom. The van der Waals surface area contributed by atoms with E-state index in [2.05, 4.69) is 12.2 Å². The summed E-state index contributed by atoms with van der Waals surface area (Å²) in [6.45, 7) is 8.96. The molecule has 0 aromatic rings. The summed E-state index contributed by atoms with van der Waals surface area (Å²) < 4.78 is 0. The molecule has 3 heteroatoms. The van der Waals surface area contributed by atoms with E-state index in [1.54, 1.807) is 0 Å². The Morgan fingerprint density at radius 3 is 2.26 bits per heavy atom. The molecule has 0 bridgehead atoms. The van der Waals surface area contributed by atoms with E-state index < -0.39 is 0 Å². The minimum Gasteiger partial charge on any atom is -0.340 e. The highest BCUT2D eigenvalue weighted by atomic mass is 16.2. The lowest BCUT2D eigenvalue weighted by Gasteiger charge is -2.38. The van der Waals surface area contributed by atoms with Crippen LogP contribution in [-0.4, -0.2) is 36.0 Å². The first-order valence-electron chi connectivity index (χ1n) is 8.12. The number of piperazine rings is 1. The molecule has 1 aliphatic rings. The Balaban J connectivity index is 2.04. The van der Waals surface area contributed by atoms with Crippen LogP contribution in [0.15, 0.2) is 0 Å². The summed E-state index contributed by atoms with van der Waals surface area (Å²) in [5, 5.41) is 3.28. The van der Waals surface area contributed by atoms with Crippen molar-refractivity contribution in [2.45, 2.75) is 77.7 Å². The Labute approximate surface area is 119 Å². The van der Waals surface area contributed by atoms with Crippen LogP contribution >= 0.6 is 0 Å². The number of hydrogen-bond acceptors (Lipinski definition) is 2. The number of carbonyl (C=O) groups excluding carboxylic acids is 1. The van der Waals surface area contributed by atoms with Gasteiger partial charge in [-0.25, -0.2) is 0 Å². The van der Waals surface area contributed by atoms with E-state index in [1.165, 1.54) is 44.9 Å². The second kappa shape index (κ2) is 8.57. The molecule has 1 saturated heterocycles. The maximum atomic E-state index is 12.1. The molecule has 19 heavy (non-hydrogen) atoms. The van der Waals surface area contributed by atoms with Crippen LogP contribution in [0.25, 0.3) is 0 Å². The molecule has 0 aliphatic carbocycles. The molecule has 0 atom stereocenters. The van der Waals surface area contributed by atoms with Gasteiger partial charge < -0.3 is 10.2 Å². The van der Waals surface area contributed by atoms with Crippen molar-refractivity contribution in [1.82, 2.24) is 10.2 Å². The molecule has 1 heterocycles. The van der Waals surface area contributed by atoms with Crippen LogP contribution in [0.2, 0.25) is 0 Å². The molecule has 1 aliphatic heterocycles. The van der Waals surface area contributed by atoms with Gasteiger partial charge in [0.2, 0.25) is 5.91 Å². The second-order valence-corrected chi connectivity index (χ2v) is 6.32. The van der Waals surface area contributed by atoms with Crippen molar-refractivity contribution in [2.24, 2.45) is 0 Å². The first-order chi connectivity index (χ1) is 9.08. The maximum Gasteiger partial charge on any atom is 0.242 e. The molecule has 0 saturated carbocycles.